The monoisotopic (exact) mass is 239 g/mol. The fraction of sp³-hybridized carbons (Fsp3) is 0.500. The van der Waals surface area contributed by atoms with Crippen LogP contribution in [0.3, 0.4) is 0 Å². The smallest absolute Gasteiger partial charge is 0.226 e. The molecule has 0 aliphatic carbocycles. The first-order valence-corrected chi connectivity index (χ1v) is 5.41. The van der Waals surface area contributed by atoms with Gasteiger partial charge in [-0.25, -0.2) is 4.98 Å². The predicted molar refractivity (Wildman–Crippen MR) is 64.8 cm³/mol. The number of H-pyrrole nitrogens is 1. The summed E-state index contributed by atoms with van der Waals surface area (Å²) >= 11 is 5.85. The summed E-state index contributed by atoms with van der Waals surface area (Å²) in [5.41, 5.74) is 1.28. The minimum absolute atomic E-state index is 0.0997. The molecule has 2 aromatic heterocycles. The Balaban J connectivity index is 2.58. The van der Waals surface area contributed by atoms with Crippen molar-refractivity contribution in [2.75, 3.05) is 5.32 Å². The van der Waals surface area contributed by atoms with Gasteiger partial charge in [-0.05, 0) is 39.3 Å². The largest absolute Gasteiger partial charge is 0.363 e. The second-order valence-corrected chi connectivity index (χ2v) is 5.07. The van der Waals surface area contributed by atoms with Crippen LogP contribution in [0.1, 0.15) is 26.6 Å². The number of imidazole rings is 1. The second-order valence-electron chi connectivity index (χ2n) is 4.74. The molecule has 2 aromatic rings. The zero-order valence-electron chi connectivity index (χ0n) is 9.72. The van der Waals surface area contributed by atoms with Crippen LogP contribution in [0.15, 0.2) is 0 Å². The predicted octanol–water partition coefficient (Wildman–Crippen LogP) is 2.53. The molecule has 2 heterocycles. The van der Waals surface area contributed by atoms with Gasteiger partial charge >= 0.3 is 0 Å². The molecule has 5 nitrogen and oxygen atoms in total. The average molecular weight is 240 g/mol. The number of nitrogens with one attached hydrogen (secondary N) is 2. The molecule has 0 atom stereocenters. The summed E-state index contributed by atoms with van der Waals surface area (Å²) < 4.78 is 0. The molecule has 0 radical (unpaired) electrons. The molecule has 0 saturated heterocycles. The third-order valence-corrected chi connectivity index (χ3v) is 2.10. The second kappa shape index (κ2) is 3.59. The van der Waals surface area contributed by atoms with Crippen LogP contribution in [-0.2, 0) is 0 Å². The maximum atomic E-state index is 5.85. The molecule has 0 aliphatic heterocycles. The SMILES string of the molecule is Cc1nc2c(NC(C)(C)C)nc(Cl)nc2[nH]1. The van der Waals surface area contributed by atoms with Crippen LogP contribution in [0.2, 0.25) is 5.28 Å². The van der Waals surface area contributed by atoms with Gasteiger partial charge in [0.1, 0.15) is 5.82 Å². The molecule has 0 aromatic carbocycles. The minimum atomic E-state index is -0.0997. The van der Waals surface area contributed by atoms with Crippen LogP contribution in [0, 0.1) is 6.92 Å². The maximum Gasteiger partial charge on any atom is 0.226 e. The molecule has 0 amide bonds. The lowest BCUT2D eigenvalue weighted by Gasteiger charge is -2.21. The van der Waals surface area contributed by atoms with Crippen molar-refractivity contribution in [2.45, 2.75) is 33.2 Å². The van der Waals surface area contributed by atoms with Crippen LogP contribution in [0.5, 0.6) is 0 Å². The Labute approximate surface area is 98.7 Å². The molecule has 86 valence electrons. The van der Waals surface area contributed by atoms with Gasteiger partial charge in [0.25, 0.3) is 0 Å². The lowest BCUT2D eigenvalue weighted by molar-refractivity contribution is 0.631. The highest BCUT2D eigenvalue weighted by Gasteiger charge is 2.16. The van der Waals surface area contributed by atoms with Gasteiger partial charge in [-0.2, -0.15) is 9.97 Å². The Morgan fingerprint density at radius 2 is 1.88 bits per heavy atom. The van der Waals surface area contributed by atoms with Crippen LogP contribution in [-0.4, -0.2) is 25.5 Å². The Morgan fingerprint density at radius 3 is 2.50 bits per heavy atom. The molecular weight excluding hydrogens is 226 g/mol. The Hall–Kier alpha value is -1.36. The molecular formula is C10H14ClN5. The van der Waals surface area contributed by atoms with Crippen LogP contribution < -0.4 is 5.32 Å². The van der Waals surface area contributed by atoms with Crippen molar-refractivity contribution in [3.63, 3.8) is 0 Å². The van der Waals surface area contributed by atoms with E-state index in [0.29, 0.717) is 11.5 Å². The van der Waals surface area contributed by atoms with Crippen molar-refractivity contribution in [1.82, 2.24) is 19.9 Å². The number of aromatic nitrogens is 4. The standard InChI is InChI=1S/C10H14ClN5/c1-5-12-6-7(13-5)14-9(11)15-8(6)16-10(2,3)4/h1-4H3,(H2,12,13,14,15,16). The highest BCUT2D eigenvalue weighted by atomic mass is 35.5. The zero-order valence-corrected chi connectivity index (χ0v) is 10.5. The summed E-state index contributed by atoms with van der Waals surface area (Å²) in [6.45, 7) is 8.02. The van der Waals surface area contributed by atoms with Gasteiger partial charge < -0.3 is 10.3 Å². The Kier molecular flexibility index (Phi) is 2.50. The van der Waals surface area contributed by atoms with Crippen molar-refractivity contribution < 1.29 is 0 Å². The summed E-state index contributed by atoms with van der Waals surface area (Å²) in [5, 5.41) is 3.47. The van der Waals surface area contributed by atoms with Crippen molar-refractivity contribution in [2.24, 2.45) is 0 Å². The van der Waals surface area contributed by atoms with E-state index in [0.717, 1.165) is 11.3 Å². The molecule has 0 fully saturated rings. The molecule has 6 heteroatoms. The molecule has 0 spiro atoms. The fourth-order valence-electron chi connectivity index (χ4n) is 1.43. The number of halogens is 1. The van der Waals surface area contributed by atoms with Gasteiger partial charge in [0, 0.05) is 5.54 Å². The first kappa shape index (κ1) is 11.1. The first-order chi connectivity index (χ1) is 7.35. The molecule has 2 N–H and O–H groups in total. The summed E-state index contributed by atoms with van der Waals surface area (Å²) in [6.07, 6.45) is 0. The van der Waals surface area contributed by atoms with Gasteiger partial charge in [0.05, 0.1) is 0 Å². The average Bonchev–Trinajstić information content (AvgIpc) is 2.42. The normalized spacial score (nSPS) is 12.1. The van der Waals surface area contributed by atoms with Gasteiger partial charge in [-0.3, -0.25) is 0 Å². The van der Waals surface area contributed by atoms with E-state index in [2.05, 4.69) is 25.3 Å². The van der Waals surface area contributed by atoms with Crippen molar-refractivity contribution in [3.8, 4) is 0 Å². The van der Waals surface area contributed by atoms with E-state index in [9.17, 15) is 0 Å². The molecule has 2 rings (SSSR count). The van der Waals surface area contributed by atoms with E-state index in [1.54, 1.807) is 0 Å². The number of hydrogen-bond donors (Lipinski definition) is 2. The van der Waals surface area contributed by atoms with E-state index in [4.69, 9.17) is 11.6 Å². The lowest BCUT2D eigenvalue weighted by atomic mass is 10.1. The third kappa shape index (κ3) is 2.24. The highest BCUT2D eigenvalue weighted by Crippen LogP contribution is 2.22. The van der Waals surface area contributed by atoms with Gasteiger partial charge in [-0.1, -0.05) is 0 Å². The number of aromatic amines is 1. The molecule has 0 saturated carbocycles. The summed E-state index contributed by atoms with van der Waals surface area (Å²) in [7, 11) is 0. The molecule has 16 heavy (non-hydrogen) atoms. The van der Waals surface area contributed by atoms with Crippen LogP contribution in [0.25, 0.3) is 11.2 Å². The molecule has 0 unspecified atom stereocenters. The third-order valence-electron chi connectivity index (χ3n) is 1.93. The topological polar surface area (TPSA) is 66.5 Å². The van der Waals surface area contributed by atoms with Gasteiger partial charge in [0.15, 0.2) is 17.0 Å². The van der Waals surface area contributed by atoms with Crippen molar-refractivity contribution in [3.05, 3.63) is 11.1 Å². The van der Waals surface area contributed by atoms with Crippen molar-refractivity contribution >= 4 is 28.6 Å². The number of aryl methyl sites for hydroxylation is 1. The number of fused-ring (bicyclic) bond motifs is 1. The van der Waals surface area contributed by atoms with E-state index < -0.39 is 0 Å². The number of hydrogen-bond acceptors (Lipinski definition) is 4. The first-order valence-electron chi connectivity index (χ1n) is 5.03. The maximum absolute atomic E-state index is 5.85. The Morgan fingerprint density at radius 1 is 1.19 bits per heavy atom. The Bertz CT molecular complexity index is 526. The van der Waals surface area contributed by atoms with Gasteiger partial charge in [0.2, 0.25) is 5.28 Å². The summed E-state index contributed by atoms with van der Waals surface area (Å²) in [5.74, 6) is 1.45. The number of rotatable bonds is 1. The zero-order chi connectivity index (χ0) is 11.9. The van der Waals surface area contributed by atoms with E-state index in [-0.39, 0.29) is 10.8 Å². The lowest BCUT2D eigenvalue weighted by Crippen LogP contribution is -2.27. The van der Waals surface area contributed by atoms with Gasteiger partial charge in [-0.15, -0.1) is 0 Å². The summed E-state index contributed by atoms with van der Waals surface area (Å²) in [6, 6.07) is 0. The molecule has 0 aliphatic rings. The van der Waals surface area contributed by atoms with Crippen molar-refractivity contribution in [1.29, 1.82) is 0 Å². The summed E-state index contributed by atoms with van der Waals surface area (Å²) in [4.78, 5) is 15.6. The number of nitrogens with zero attached hydrogens (tertiary/aromatic N) is 3. The fourth-order valence-corrected chi connectivity index (χ4v) is 1.60. The van der Waals surface area contributed by atoms with E-state index >= 15 is 0 Å². The quantitative estimate of drug-likeness (QED) is 0.751. The van der Waals surface area contributed by atoms with Crippen LogP contribution >= 0.6 is 11.6 Å². The van der Waals surface area contributed by atoms with E-state index in [1.165, 1.54) is 0 Å². The van der Waals surface area contributed by atoms with E-state index in [1.807, 2.05) is 27.7 Å². The minimum Gasteiger partial charge on any atom is -0.363 e. The van der Waals surface area contributed by atoms with Crippen LogP contribution in [0.4, 0.5) is 5.82 Å². The molecule has 0 bridgehead atoms. The highest BCUT2D eigenvalue weighted by molar-refractivity contribution is 6.28. The number of anilines is 1.